The highest BCUT2D eigenvalue weighted by Crippen LogP contribution is 2.35. The Morgan fingerprint density at radius 1 is 1.20 bits per heavy atom. The second-order valence-corrected chi connectivity index (χ2v) is 5.24. The smallest absolute Gasteiger partial charge is 0.231 e. The van der Waals surface area contributed by atoms with E-state index in [1.54, 1.807) is 0 Å². The van der Waals surface area contributed by atoms with Crippen LogP contribution in [0, 0.1) is 0 Å². The lowest BCUT2D eigenvalue weighted by Crippen LogP contribution is -2.18. The van der Waals surface area contributed by atoms with Crippen LogP contribution < -0.4 is 14.8 Å². The van der Waals surface area contributed by atoms with Crippen molar-refractivity contribution in [2.45, 2.75) is 19.5 Å². The van der Waals surface area contributed by atoms with Gasteiger partial charge in [0.2, 0.25) is 6.79 Å². The van der Waals surface area contributed by atoms with Gasteiger partial charge >= 0.3 is 0 Å². The fourth-order valence-electron chi connectivity index (χ4n) is 2.29. The molecule has 0 aliphatic carbocycles. The van der Waals surface area contributed by atoms with Crippen LogP contribution in [-0.4, -0.2) is 6.79 Å². The molecule has 20 heavy (non-hydrogen) atoms. The summed E-state index contributed by atoms with van der Waals surface area (Å²) < 4.78 is 10.9. The van der Waals surface area contributed by atoms with Crippen LogP contribution in [0.3, 0.4) is 0 Å². The molecule has 3 nitrogen and oxygen atoms in total. The third-order valence-corrected chi connectivity index (χ3v) is 3.66. The van der Waals surface area contributed by atoms with Crippen LogP contribution in [0.1, 0.15) is 24.1 Å². The number of hydrogen-bond acceptors (Lipinski definition) is 3. The van der Waals surface area contributed by atoms with Crippen LogP contribution >= 0.6 is 11.6 Å². The Bertz CT molecular complexity index is 615. The number of rotatable bonds is 4. The van der Waals surface area contributed by atoms with Crippen molar-refractivity contribution in [2.24, 2.45) is 0 Å². The van der Waals surface area contributed by atoms with Gasteiger partial charge < -0.3 is 14.8 Å². The predicted molar refractivity (Wildman–Crippen MR) is 79.3 cm³/mol. The van der Waals surface area contributed by atoms with E-state index in [0.717, 1.165) is 28.6 Å². The predicted octanol–water partition coefficient (Wildman–Crippen LogP) is 3.92. The molecule has 1 aliphatic heterocycles. The van der Waals surface area contributed by atoms with Gasteiger partial charge in [-0.05, 0) is 30.7 Å². The highest BCUT2D eigenvalue weighted by Gasteiger charge is 2.17. The van der Waals surface area contributed by atoms with Crippen LogP contribution in [0.5, 0.6) is 11.5 Å². The Morgan fingerprint density at radius 3 is 2.90 bits per heavy atom. The van der Waals surface area contributed by atoms with E-state index in [4.69, 9.17) is 21.1 Å². The molecule has 2 aromatic carbocycles. The van der Waals surface area contributed by atoms with Crippen LogP contribution in [0.4, 0.5) is 0 Å². The van der Waals surface area contributed by atoms with Crippen molar-refractivity contribution in [1.29, 1.82) is 0 Å². The summed E-state index contributed by atoms with van der Waals surface area (Å²) in [6, 6.07) is 14.1. The summed E-state index contributed by atoms with van der Waals surface area (Å²) in [4.78, 5) is 0. The van der Waals surface area contributed by atoms with Crippen molar-refractivity contribution in [2.75, 3.05) is 6.79 Å². The zero-order valence-electron chi connectivity index (χ0n) is 11.2. The molecule has 3 rings (SSSR count). The van der Waals surface area contributed by atoms with Gasteiger partial charge in [-0.25, -0.2) is 0 Å². The second kappa shape index (κ2) is 5.73. The van der Waals surface area contributed by atoms with Crippen LogP contribution in [-0.2, 0) is 6.54 Å². The average molecular weight is 290 g/mol. The molecule has 0 fully saturated rings. The van der Waals surface area contributed by atoms with Gasteiger partial charge in [-0.1, -0.05) is 35.9 Å². The van der Waals surface area contributed by atoms with Crippen molar-refractivity contribution < 1.29 is 9.47 Å². The molecule has 0 saturated carbocycles. The van der Waals surface area contributed by atoms with Crippen LogP contribution in [0.2, 0.25) is 5.02 Å². The Balaban J connectivity index is 1.69. The number of nitrogens with one attached hydrogen (secondary N) is 1. The number of hydrogen-bond donors (Lipinski definition) is 1. The average Bonchev–Trinajstić information content (AvgIpc) is 2.93. The maximum atomic E-state index is 6.02. The van der Waals surface area contributed by atoms with Gasteiger partial charge in [0.05, 0.1) is 0 Å². The van der Waals surface area contributed by atoms with Gasteiger partial charge in [0, 0.05) is 23.2 Å². The van der Waals surface area contributed by atoms with Crippen molar-refractivity contribution in [3.05, 3.63) is 58.6 Å². The first-order chi connectivity index (χ1) is 9.74. The Labute approximate surface area is 123 Å². The number of halogens is 1. The third-order valence-electron chi connectivity index (χ3n) is 3.43. The first-order valence-electron chi connectivity index (χ1n) is 6.60. The molecule has 104 valence electrons. The van der Waals surface area contributed by atoms with Crippen molar-refractivity contribution in [3.8, 4) is 11.5 Å². The molecule has 2 aromatic rings. The van der Waals surface area contributed by atoms with E-state index >= 15 is 0 Å². The zero-order chi connectivity index (χ0) is 13.9. The van der Waals surface area contributed by atoms with Gasteiger partial charge in [0.15, 0.2) is 11.5 Å². The fraction of sp³-hybridized carbons (Fsp3) is 0.250. The maximum Gasteiger partial charge on any atom is 0.231 e. The Morgan fingerprint density at radius 2 is 2.05 bits per heavy atom. The van der Waals surface area contributed by atoms with Crippen LogP contribution in [0.15, 0.2) is 42.5 Å². The lowest BCUT2D eigenvalue weighted by atomic mass is 10.1. The van der Waals surface area contributed by atoms with Crippen LogP contribution in [0.25, 0.3) is 0 Å². The van der Waals surface area contributed by atoms with Gasteiger partial charge in [0.25, 0.3) is 0 Å². The fourth-order valence-corrected chi connectivity index (χ4v) is 2.49. The third kappa shape index (κ3) is 2.74. The molecule has 1 aliphatic rings. The molecule has 0 saturated heterocycles. The van der Waals surface area contributed by atoms with Gasteiger partial charge in [-0.2, -0.15) is 0 Å². The molecular formula is C16H16ClNO2. The van der Waals surface area contributed by atoms with E-state index in [1.807, 2.05) is 36.4 Å². The molecule has 1 N–H and O–H groups in total. The molecule has 1 atom stereocenters. The Hall–Kier alpha value is -1.71. The topological polar surface area (TPSA) is 30.5 Å². The van der Waals surface area contributed by atoms with Gasteiger partial charge in [0.1, 0.15) is 0 Å². The van der Waals surface area contributed by atoms with Crippen molar-refractivity contribution >= 4 is 11.6 Å². The van der Waals surface area contributed by atoms with E-state index in [0.29, 0.717) is 6.79 Å². The number of benzene rings is 2. The van der Waals surface area contributed by atoms with Crippen molar-refractivity contribution in [3.63, 3.8) is 0 Å². The van der Waals surface area contributed by atoms with E-state index < -0.39 is 0 Å². The van der Waals surface area contributed by atoms with Gasteiger partial charge in [-0.15, -0.1) is 0 Å². The molecule has 4 heteroatoms. The summed E-state index contributed by atoms with van der Waals surface area (Å²) in [6.07, 6.45) is 0. The summed E-state index contributed by atoms with van der Waals surface area (Å²) >= 11 is 6.02. The first-order valence-corrected chi connectivity index (χ1v) is 6.98. The molecule has 0 amide bonds. The molecule has 1 heterocycles. The second-order valence-electron chi connectivity index (χ2n) is 4.81. The summed E-state index contributed by atoms with van der Waals surface area (Å²) in [5.74, 6) is 1.66. The number of para-hydroxylation sites is 1. The molecular weight excluding hydrogens is 274 g/mol. The SMILES string of the molecule is CC(NCc1cccc2c1OCO2)c1cccc(Cl)c1. The lowest BCUT2D eigenvalue weighted by Gasteiger charge is -2.15. The zero-order valence-corrected chi connectivity index (χ0v) is 12.0. The largest absolute Gasteiger partial charge is 0.454 e. The Kier molecular flexibility index (Phi) is 3.81. The minimum atomic E-state index is 0.215. The van der Waals surface area contributed by atoms with E-state index in [-0.39, 0.29) is 6.04 Å². The molecule has 0 radical (unpaired) electrons. The van der Waals surface area contributed by atoms with E-state index in [1.165, 1.54) is 5.56 Å². The minimum absolute atomic E-state index is 0.215. The summed E-state index contributed by atoms with van der Waals surface area (Å²) in [5, 5.41) is 4.24. The molecule has 0 aromatic heterocycles. The maximum absolute atomic E-state index is 6.02. The normalized spacial score (nSPS) is 14.3. The quantitative estimate of drug-likeness (QED) is 0.925. The standard InChI is InChI=1S/C16H16ClNO2/c1-11(12-4-2-6-14(17)8-12)18-9-13-5-3-7-15-16(13)20-10-19-15/h2-8,11,18H,9-10H2,1H3. The van der Waals surface area contributed by atoms with Gasteiger partial charge in [-0.3, -0.25) is 0 Å². The molecule has 0 bridgehead atoms. The van der Waals surface area contributed by atoms with E-state index in [2.05, 4.69) is 18.3 Å². The molecule has 0 spiro atoms. The summed E-state index contributed by atoms with van der Waals surface area (Å²) in [7, 11) is 0. The highest BCUT2D eigenvalue weighted by molar-refractivity contribution is 6.30. The molecule has 1 unspecified atom stereocenters. The van der Waals surface area contributed by atoms with Crippen molar-refractivity contribution in [1.82, 2.24) is 5.32 Å². The highest BCUT2D eigenvalue weighted by atomic mass is 35.5. The first kappa shape index (κ1) is 13.3. The number of fused-ring (bicyclic) bond motifs is 1. The summed E-state index contributed by atoms with van der Waals surface area (Å²) in [5.41, 5.74) is 2.27. The lowest BCUT2D eigenvalue weighted by molar-refractivity contribution is 0.173. The summed E-state index contributed by atoms with van der Waals surface area (Å²) in [6.45, 7) is 3.14. The van der Waals surface area contributed by atoms with E-state index in [9.17, 15) is 0 Å². The number of ether oxygens (including phenoxy) is 2. The monoisotopic (exact) mass is 289 g/mol. The minimum Gasteiger partial charge on any atom is -0.454 e.